The van der Waals surface area contributed by atoms with E-state index in [2.05, 4.69) is 20.1 Å². The number of rotatable bonds is 7. The van der Waals surface area contributed by atoms with E-state index in [0.717, 1.165) is 18.5 Å². The SMILES string of the molecule is C[C@H](c1ncnc(S(=O)(=O)c2ccccc2)c1F)[C@@](O)(Cn1cncn1)c1ccc(F)cc1F. The monoisotopic (exact) mass is 489 g/mol. The molecule has 0 bridgehead atoms. The highest BCUT2D eigenvalue weighted by molar-refractivity contribution is 7.91. The molecule has 0 amide bonds. The lowest BCUT2D eigenvalue weighted by atomic mass is 9.79. The standard InChI is InChI=1S/C22H18F3N5O3S/c1-14(20-19(25)21(28-12-27-20)34(32,33)16-5-3-2-4-6-16)22(31,10-30-13-26-11-29-30)17-8-7-15(23)9-18(17)24/h2-9,11-14,31H,10H2,1H3/t14-,22+/m1/s1. The summed E-state index contributed by atoms with van der Waals surface area (Å²) in [6.45, 7) is 0.922. The quantitative estimate of drug-likeness (QED) is 0.397. The molecule has 2 aromatic heterocycles. The van der Waals surface area contributed by atoms with Crippen LogP contribution >= 0.6 is 0 Å². The predicted octanol–water partition coefficient (Wildman–Crippen LogP) is 3.01. The van der Waals surface area contributed by atoms with Gasteiger partial charge in [0.2, 0.25) is 9.84 Å². The molecule has 0 radical (unpaired) electrons. The minimum Gasteiger partial charge on any atom is -0.382 e. The maximum Gasteiger partial charge on any atom is 0.226 e. The van der Waals surface area contributed by atoms with E-state index in [1.807, 2.05) is 0 Å². The molecule has 0 unspecified atom stereocenters. The summed E-state index contributed by atoms with van der Waals surface area (Å²) in [6.07, 6.45) is 3.28. The summed E-state index contributed by atoms with van der Waals surface area (Å²) in [5, 5.41) is 14.7. The van der Waals surface area contributed by atoms with Crippen LogP contribution in [0.1, 0.15) is 24.1 Å². The Morgan fingerprint density at radius 1 is 1.06 bits per heavy atom. The fraction of sp³-hybridized carbons (Fsp3) is 0.182. The Morgan fingerprint density at radius 3 is 2.44 bits per heavy atom. The van der Waals surface area contributed by atoms with Crippen LogP contribution in [0.4, 0.5) is 13.2 Å². The number of aromatic nitrogens is 5. The molecule has 176 valence electrons. The molecule has 4 rings (SSSR count). The lowest BCUT2D eigenvalue weighted by Gasteiger charge is -2.34. The van der Waals surface area contributed by atoms with E-state index >= 15 is 4.39 Å². The molecule has 2 heterocycles. The Labute approximate surface area is 192 Å². The van der Waals surface area contributed by atoms with Gasteiger partial charge in [-0.2, -0.15) is 5.10 Å². The number of hydrogen-bond acceptors (Lipinski definition) is 7. The summed E-state index contributed by atoms with van der Waals surface area (Å²) in [6, 6.07) is 9.68. The van der Waals surface area contributed by atoms with Crippen LogP contribution in [-0.4, -0.2) is 38.3 Å². The molecule has 0 aliphatic carbocycles. The van der Waals surface area contributed by atoms with Gasteiger partial charge in [0.1, 0.15) is 36.2 Å². The Hall–Kier alpha value is -3.64. The van der Waals surface area contributed by atoms with Gasteiger partial charge in [-0.3, -0.25) is 0 Å². The van der Waals surface area contributed by atoms with Gasteiger partial charge in [0.05, 0.1) is 17.1 Å². The summed E-state index contributed by atoms with van der Waals surface area (Å²) >= 11 is 0. The lowest BCUT2D eigenvalue weighted by molar-refractivity contribution is -0.0135. The van der Waals surface area contributed by atoms with Gasteiger partial charge in [-0.05, 0) is 18.2 Å². The summed E-state index contributed by atoms with van der Waals surface area (Å²) < 4.78 is 71.1. The van der Waals surface area contributed by atoms with Crippen LogP contribution in [0.5, 0.6) is 0 Å². The van der Waals surface area contributed by atoms with Crippen LogP contribution in [0.3, 0.4) is 0 Å². The third-order valence-corrected chi connectivity index (χ3v) is 7.17. The number of halogens is 3. The van der Waals surface area contributed by atoms with E-state index in [1.165, 1.54) is 48.5 Å². The molecule has 2 aromatic carbocycles. The average Bonchev–Trinajstić information content (AvgIpc) is 3.32. The maximum absolute atomic E-state index is 15.6. The third-order valence-electron chi connectivity index (χ3n) is 5.49. The first-order valence-corrected chi connectivity index (χ1v) is 11.4. The lowest BCUT2D eigenvalue weighted by Crippen LogP contribution is -2.39. The van der Waals surface area contributed by atoms with Gasteiger partial charge in [-0.15, -0.1) is 0 Å². The van der Waals surface area contributed by atoms with Crippen LogP contribution in [0, 0.1) is 17.5 Å². The zero-order chi connectivity index (χ0) is 24.5. The van der Waals surface area contributed by atoms with E-state index < -0.39 is 56.1 Å². The van der Waals surface area contributed by atoms with Crippen molar-refractivity contribution in [3.05, 3.63) is 96.2 Å². The minimum atomic E-state index is -4.36. The van der Waals surface area contributed by atoms with E-state index in [0.29, 0.717) is 6.07 Å². The molecular formula is C22H18F3N5O3S. The van der Waals surface area contributed by atoms with Crippen molar-refractivity contribution in [2.75, 3.05) is 0 Å². The average molecular weight is 489 g/mol. The van der Waals surface area contributed by atoms with E-state index in [9.17, 15) is 22.3 Å². The second-order valence-electron chi connectivity index (χ2n) is 7.56. The summed E-state index contributed by atoms with van der Waals surface area (Å²) in [4.78, 5) is 11.1. The molecule has 0 fully saturated rings. The largest absolute Gasteiger partial charge is 0.382 e. The second-order valence-corrected chi connectivity index (χ2v) is 9.42. The maximum atomic E-state index is 15.6. The Balaban J connectivity index is 1.86. The fourth-order valence-corrected chi connectivity index (χ4v) is 4.92. The highest BCUT2D eigenvalue weighted by Crippen LogP contribution is 2.40. The zero-order valence-corrected chi connectivity index (χ0v) is 18.5. The first-order chi connectivity index (χ1) is 16.1. The van der Waals surface area contributed by atoms with Gasteiger partial charge in [0.25, 0.3) is 0 Å². The molecular weight excluding hydrogens is 471 g/mol. The number of benzene rings is 2. The molecule has 1 N–H and O–H groups in total. The smallest absolute Gasteiger partial charge is 0.226 e. The van der Waals surface area contributed by atoms with Crippen molar-refractivity contribution in [3.8, 4) is 0 Å². The molecule has 0 saturated carbocycles. The van der Waals surface area contributed by atoms with Crippen LogP contribution in [0.15, 0.2) is 77.4 Å². The van der Waals surface area contributed by atoms with E-state index in [-0.39, 0.29) is 10.5 Å². The molecule has 0 saturated heterocycles. The van der Waals surface area contributed by atoms with Crippen molar-refractivity contribution < 1.29 is 26.7 Å². The van der Waals surface area contributed by atoms with Crippen molar-refractivity contribution in [2.45, 2.75) is 34.9 Å². The first-order valence-electron chi connectivity index (χ1n) is 9.95. The van der Waals surface area contributed by atoms with Crippen LogP contribution < -0.4 is 0 Å². The topological polar surface area (TPSA) is 111 Å². The highest BCUT2D eigenvalue weighted by Gasteiger charge is 2.43. The van der Waals surface area contributed by atoms with Crippen molar-refractivity contribution in [3.63, 3.8) is 0 Å². The second kappa shape index (κ2) is 8.95. The van der Waals surface area contributed by atoms with Gasteiger partial charge < -0.3 is 5.11 Å². The molecule has 0 aliphatic heterocycles. The van der Waals surface area contributed by atoms with Crippen molar-refractivity contribution in [2.24, 2.45) is 0 Å². The molecule has 34 heavy (non-hydrogen) atoms. The summed E-state index contributed by atoms with van der Waals surface area (Å²) in [5.74, 6) is -4.58. The van der Waals surface area contributed by atoms with Crippen molar-refractivity contribution >= 4 is 9.84 Å². The first kappa shape index (κ1) is 23.5. The molecule has 0 aliphatic rings. The van der Waals surface area contributed by atoms with Crippen LogP contribution in [0.2, 0.25) is 0 Å². The number of nitrogens with zero attached hydrogens (tertiary/aromatic N) is 5. The normalized spacial score (nSPS) is 14.5. The Morgan fingerprint density at radius 2 is 1.79 bits per heavy atom. The predicted molar refractivity (Wildman–Crippen MR) is 113 cm³/mol. The molecule has 12 heteroatoms. The summed E-state index contributed by atoms with van der Waals surface area (Å²) in [5.41, 5.74) is -3.06. The molecule has 2 atom stereocenters. The van der Waals surface area contributed by atoms with E-state index in [1.54, 1.807) is 6.07 Å². The highest BCUT2D eigenvalue weighted by atomic mass is 32.2. The Kier molecular flexibility index (Phi) is 6.19. The number of aliphatic hydroxyl groups is 1. The molecule has 8 nitrogen and oxygen atoms in total. The number of sulfone groups is 1. The van der Waals surface area contributed by atoms with Gasteiger partial charge >= 0.3 is 0 Å². The van der Waals surface area contributed by atoms with E-state index in [4.69, 9.17) is 0 Å². The van der Waals surface area contributed by atoms with Gasteiger partial charge in [0, 0.05) is 17.5 Å². The number of hydrogen-bond donors (Lipinski definition) is 1. The molecule has 0 spiro atoms. The molecule has 4 aromatic rings. The van der Waals surface area contributed by atoms with Crippen molar-refractivity contribution in [1.82, 2.24) is 24.7 Å². The minimum absolute atomic E-state index is 0.186. The third kappa shape index (κ3) is 4.17. The van der Waals surface area contributed by atoms with Crippen LogP contribution in [0.25, 0.3) is 0 Å². The van der Waals surface area contributed by atoms with Gasteiger partial charge in [-0.1, -0.05) is 31.2 Å². The fourth-order valence-electron chi connectivity index (χ4n) is 3.65. The van der Waals surface area contributed by atoms with Gasteiger partial charge in [-0.25, -0.2) is 41.2 Å². The zero-order valence-electron chi connectivity index (χ0n) is 17.7. The van der Waals surface area contributed by atoms with Gasteiger partial charge in [0.15, 0.2) is 10.8 Å². The van der Waals surface area contributed by atoms with Crippen molar-refractivity contribution in [1.29, 1.82) is 0 Å². The summed E-state index contributed by atoms with van der Waals surface area (Å²) in [7, 11) is -4.36. The Bertz CT molecular complexity index is 1420. The van der Waals surface area contributed by atoms with Crippen LogP contribution in [-0.2, 0) is 22.0 Å².